The number of aromatic nitrogens is 2. The van der Waals surface area contributed by atoms with E-state index < -0.39 is 56.0 Å². The molecule has 3 aromatic rings. The van der Waals surface area contributed by atoms with Crippen LogP contribution in [0.5, 0.6) is 5.75 Å². The lowest BCUT2D eigenvalue weighted by Gasteiger charge is -2.28. The first kappa shape index (κ1) is 28.4. The molecule has 208 valence electrons. The summed E-state index contributed by atoms with van der Waals surface area (Å²) < 4.78 is 37.4. The second-order valence-corrected chi connectivity index (χ2v) is 10.8. The molecule has 1 aliphatic heterocycles. The van der Waals surface area contributed by atoms with Gasteiger partial charge in [0, 0.05) is 11.6 Å². The second-order valence-electron chi connectivity index (χ2n) is 9.13. The summed E-state index contributed by atoms with van der Waals surface area (Å²) >= 11 is 0. The maximum Gasteiger partial charge on any atom is 0.459 e. The minimum Gasteiger partial charge on any atom is -0.468 e. The highest BCUT2D eigenvalue weighted by atomic mass is 31.2. The summed E-state index contributed by atoms with van der Waals surface area (Å²) in [7, 11) is -3.10. The fourth-order valence-electron chi connectivity index (χ4n) is 4.29. The standard InChI is InChI=1S/C25H30N5O8P/c1-15(22(32)35-4)29-39(34,38-18-11-7-9-16-8-5-6-10-17(16)18)36-14-19-21(31)25(2,27-3)23(37-19)30-13-12-20(26)28-24(30)33/h5-13,15,19,21,23,31H,3,14H2,1-2,4H3,(H,29,34)(H2,26,28,33)/t15-,19+,21+,23+,25+,39?/m0/s1. The quantitative estimate of drug-likeness (QED) is 0.188. The summed E-state index contributed by atoms with van der Waals surface area (Å²) in [5, 5.41) is 15.2. The molecular formula is C25H30N5O8P. The van der Waals surface area contributed by atoms with Crippen molar-refractivity contribution >= 4 is 37.0 Å². The van der Waals surface area contributed by atoms with Crippen LogP contribution in [0.4, 0.5) is 5.82 Å². The average molecular weight is 560 g/mol. The van der Waals surface area contributed by atoms with Crippen molar-refractivity contribution in [3.05, 3.63) is 65.2 Å². The number of carbonyl (C=O) groups excluding carboxylic acids is 1. The summed E-state index contributed by atoms with van der Waals surface area (Å²) in [4.78, 5) is 32.3. The molecule has 1 aliphatic rings. The van der Waals surface area contributed by atoms with Crippen LogP contribution in [0.3, 0.4) is 0 Å². The van der Waals surface area contributed by atoms with Gasteiger partial charge in [-0.15, -0.1) is 0 Å². The molecule has 1 fully saturated rings. The predicted octanol–water partition coefficient (Wildman–Crippen LogP) is 2.05. The zero-order valence-electron chi connectivity index (χ0n) is 21.6. The lowest BCUT2D eigenvalue weighted by atomic mass is 9.93. The molecule has 4 rings (SSSR count). The van der Waals surface area contributed by atoms with Crippen LogP contribution < -0.4 is 21.0 Å². The third-order valence-electron chi connectivity index (χ3n) is 6.48. The van der Waals surface area contributed by atoms with E-state index >= 15 is 0 Å². The van der Waals surface area contributed by atoms with Gasteiger partial charge in [-0.25, -0.2) is 9.36 Å². The van der Waals surface area contributed by atoms with Crippen LogP contribution in [0.2, 0.25) is 0 Å². The molecule has 6 atom stereocenters. The molecule has 2 heterocycles. The Kier molecular flexibility index (Phi) is 8.19. The molecule has 0 spiro atoms. The lowest BCUT2D eigenvalue weighted by Crippen LogP contribution is -2.45. The average Bonchev–Trinajstić information content (AvgIpc) is 3.17. The van der Waals surface area contributed by atoms with Gasteiger partial charge in [-0.05, 0) is 38.1 Å². The number of methoxy groups -OCH3 is 1. The van der Waals surface area contributed by atoms with E-state index in [-0.39, 0.29) is 11.6 Å². The van der Waals surface area contributed by atoms with Crippen molar-refractivity contribution in [1.82, 2.24) is 14.6 Å². The summed E-state index contributed by atoms with van der Waals surface area (Å²) in [6.45, 7) is 6.06. The van der Waals surface area contributed by atoms with Gasteiger partial charge in [0.15, 0.2) is 6.23 Å². The number of benzene rings is 2. The van der Waals surface area contributed by atoms with Crippen molar-refractivity contribution in [3.8, 4) is 5.75 Å². The predicted molar refractivity (Wildman–Crippen MR) is 144 cm³/mol. The maximum absolute atomic E-state index is 14.0. The van der Waals surface area contributed by atoms with Gasteiger partial charge in [-0.2, -0.15) is 10.1 Å². The Morgan fingerprint density at radius 3 is 2.74 bits per heavy atom. The van der Waals surface area contributed by atoms with Crippen molar-refractivity contribution in [2.75, 3.05) is 19.5 Å². The van der Waals surface area contributed by atoms with Gasteiger partial charge < -0.3 is 24.8 Å². The number of aliphatic hydroxyl groups excluding tert-OH is 1. The molecule has 14 heteroatoms. The van der Waals surface area contributed by atoms with Crippen LogP contribution in [0.1, 0.15) is 20.1 Å². The largest absolute Gasteiger partial charge is 0.468 e. The number of carbonyl (C=O) groups is 1. The van der Waals surface area contributed by atoms with Crippen molar-refractivity contribution in [1.29, 1.82) is 0 Å². The van der Waals surface area contributed by atoms with Gasteiger partial charge in [0.25, 0.3) is 0 Å². The molecule has 1 unspecified atom stereocenters. The van der Waals surface area contributed by atoms with Crippen LogP contribution in [-0.4, -0.2) is 64.8 Å². The minimum atomic E-state index is -4.29. The molecule has 0 radical (unpaired) electrons. The zero-order valence-corrected chi connectivity index (χ0v) is 22.5. The number of hydrogen-bond donors (Lipinski definition) is 3. The van der Waals surface area contributed by atoms with Crippen LogP contribution in [0.15, 0.2) is 64.5 Å². The highest BCUT2D eigenvalue weighted by molar-refractivity contribution is 7.52. The van der Waals surface area contributed by atoms with E-state index in [9.17, 15) is 19.3 Å². The van der Waals surface area contributed by atoms with Crippen LogP contribution in [0.25, 0.3) is 10.8 Å². The van der Waals surface area contributed by atoms with Gasteiger partial charge in [0.2, 0.25) is 0 Å². The van der Waals surface area contributed by atoms with Crippen LogP contribution in [-0.2, 0) is 23.4 Å². The molecule has 13 nitrogen and oxygen atoms in total. The number of nitrogens with two attached hydrogens (primary N) is 1. The van der Waals surface area contributed by atoms with E-state index in [1.165, 1.54) is 26.3 Å². The number of ether oxygens (including phenoxy) is 2. The van der Waals surface area contributed by atoms with E-state index in [0.29, 0.717) is 5.39 Å². The molecule has 0 saturated carbocycles. The number of nitrogen functional groups attached to an aromatic ring is 1. The highest BCUT2D eigenvalue weighted by Crippen LogP contribution is 2.48. The monoisotopic (exact) mass is 559 g/mol. The van der Waals surface area contributed by atoms with Gasteiger partial charge in [0.05, 0.1) is 13.7 Å². The van der Waals surface area contributed by atoms with Crippen molar-refractivity contribution in [3.63, 3.8) is 0 Å². The third-order valence-corrected chi connectivity index (χ3v) is 8.11. The topological polar surface area (TPSA) is 177 Å². The molecule has 1 saturated heterocycles. The van der Waals surface area contributed by atoms with Gasteiger partial charge >= 0.3 is 19.4 Å². The van der Waals surface area contributed by atoms with Gasteiger partial charge in [0.1, 0.15) is 35.4 Å². The molecule has 4 N–H and O–H groups in total. The number of anilines is 1. The molecule has 0 amide bonds. The van der Waals surface area contributed by atoms with E-state index in [4.69, 9.17) is 24.3 Å². The Balaban J connectivity index is 1.62. The number of aliphatic hydroxyl groups is 1. The molecular weight excluding hydrogens is 529 g/mol. The number of nitrogens with one attached hydrogen (secondary N) is 1. The molecule has 0 bridgehead atoms. The highest BCUT2D eigenvalue weighted by Gasteiger charge is 2.54. The molecule has 2 aromatic carbocycles. The number of hydrogen-bond acceptors (Lipinski definition) is 11. The fraction of sp³-hybridized carbons (Fsp3) is 0.360. The number of esters is 1. The van der Waals surface area contributed by atoms with Gasteiger partial charge in [-0.3, -0.25) is 18.9 Å². The Bertz CT molecular complexity index is 1480. The number of aliphatic imine (C=N–C) groups is 1. The SMILES string of the molecule is C=N[C@]1(C)[C@H](O)[C@@H](COP(=O)(N[C@@H](C)C(=O)OC)Oc2cccc3ccccc23)O[C@H]1n1ccc(N)nc1=O. The van der Waals surface area contributed by atoms with E-state index in [2.05, 4.69) is 21.8 Å². The maximum atomic E-state index is 14.0. The Morgan fingerprint density at radius 2 is 2.05 bits per heavy atom. The van der Waals surface area contributed by atoms with Crippen molar-refractivity contribution in [2.45, 2.75) is 43.9 Å². The number of rotatable bonds is 10. The summed E-state index contributed by atoms with van der Waals surface area (Å²) in [6.07, 6.45) is -2.23. The van der Waals surface area contributed by atoms with E-state index in [1.54, 1.807) is 31.2 Å². The molecule has 39 heavy (non-hydrogen) atoms. The molecule has 0 aliphatic carbocycles. The Labute approximate surface area is 224 Å². The van der Waals surface area contributed by atoms with E-state index in [0.717, 1.165) is 9.95 Å². The number of nitrogens with zero attached hydrogens (tertiary/aromatic N) is 3. The van der Waals surface area contributed by atoms with Gasteiger partial charge in [-0.1, -0.05) is 36.4 Å². The summed E-state index contributed by atoms with van der Waals surface area (Å²) in [5.74, 6) is -0.444. The fourth-order valence-corrected chi connectivity index (χ4v) is 5.81. The lowest BCUT2D eigenvalue weighted by molar-refractivity contribution is -0.142. The smallest absolute Gasteiger partial charge is 0.459 e. The van der Waals surface area contributed by atoms with Crippen LogP contribution >= 0.6 is 7.75 Å². The minimum absolute atomic E-state index is 0.0141. The van der Waals surface area contributed by atoms with Crippen LogP contribution in [0, 0.1) is 0 Å². The zero-order chi connectivity index (χ0) is 28.4. The Hall–Kier alpha value is -3.61. The molecule has 1 aromatic heterocycles. The first-order chi connectivity index (χ1) is 18.5. The third kappa shape index (κ3) is 5.72. The van der Waals surface area contributed by atoms with Crippen molar-refractivity contribution < 1.29 is 33.0 Å². The normalized spacial score (nSPS) is 25.1. The van der Waals surface area contributed by atoms with E-state index in [1.807, 2.05) is 18.2 Å². The first-order valence-corrected chi connectivity index (χ1v) is 13.5. The van der Waals surface area contributed by atoms with Crippen molar-refractivity contribution in [2.24, 2.45) is 4.99 Å². The Morgan fingerprint density at radius 1 is 1.33 bits per heavy atom. The summed E-state index contributed by atoms with van der Waals surface area (Å²) in [6, 6.07) is 12.8. The first-order valence-electron chi connectivity index (χ1n) is 11.9. The second kappa shape index (κ2) is 11.2. The number of fused-ring (bicyclic) bond motifs is 1. The summed E-state index contributed by atoms with van der Waals surface area (Å²) in [5.41, 5.74) is 3.47.